The summed E-state index contributed by atoms with van der Waals surface area (Å²) in [6.45, 7) is 4.11. The molecule has 2 heterocycles. The Morgan fingerprint density at radius 3 is 2.79 bits per heavy atom. The smallest absolute Gasteiger partial charge is 0.0676 e. The molecular weight excluding hydrogens is 322 g/mol. The Morgan fingerprint density at radius 1 is 1.42 bits per heavy atom. The number of likely N-dealkylation sites (N-methyl/N-ethyl adjacent to an activating group) is 1. The van der Waals surface area contributed by atoms with Gasteiger partial charge >= 0.3 is 0 Å². The molecule has 0 saturated carbocycles. The minimum absolute atomic E-state index is 0.277. The molecule has 19 heavy (non-hydrogen) atoms. The van der Waals surface area contributed by atoms with Gasteiger partial charge in [-0.1, -0.05) is 6.92 Å². The van der Waals surface area contributed by atoms with Crippen molar-refractivity contribution in [2.75, 3.05) is 7.05 Å². The highest BCUT2D eigenvalue weighted by Gasteiger charge is 2.17. The molecule has 0 aromatic carbocycles. The minimum atomic E-state index is 0.277. The summed E-state index contributed by atoms with van der Waals surface area (Å²) in [6, 6.07) is 4.52. The van der Waals surface area contributed by atoms with Crippen LogP contribution in [0.1, 0.15) is 34.8 Å². The largest absolute Gasteiger partial charge is 0.313 e. The lowest BCUT2D eigenvalue weighted by molar-refractivity contribution is 0.582. The van der Waals surface area contributed by atoms with E-state index in [-0.39, 0.29) is 6.04 Å². The van der Waals surface area contributed by atoms with Gasteiger partial charge in [-0.05, 0) is 59.4 Å². The van der Waals surface area contributed by atoms with Gasteiger partial charge in [0.15, 0.2) is 0 Å². The molecule has 2 rings (SSSR count). The highest BCUT2D eigenvalue weighted by Crippen LogP contribution is 2.29. The van der Waals surface area contributed by atoms with Gasteiger partial charge in [0.25, 0.3) is 0 Å². The fraction of sp³-hybridized carbons (Fsp3) is 0.429. The van der Waals surface area contributed by atoms with Crippen LogP contribution in [0.2, 0.25) is 0 Å². The Bertz CT molecular complexity index is 553. The lowest BCUT2D eigenvalue weighted by Crippen LogP contribution is -2.21. The first kappa shape index (κ1) is 14.6. The molecule has 0 bridgehead atoms. The van der Waals surface area contributed by atoms with Crippen LogP contribution in [0.5, 0.6) is 0 Å². The van der Waals surface area contributed by atoms with Gasteiger partial charge in [-0.25, -0.2) is 0 Å². The van der Waals surface area contributed by atoms with Crippen LogP contribution in [-0.2, 0) is 12.8 Å². The number of rotatable bonds is 5. The Kier molecular flexibility index (Phi) is 5.07. The first-order valence-electron chi connectivity index (χ1n) is 6.38. The zero-order chi connectivity index (χ0) is 13.8. The van der Waals surface area contributed by atoms with Gasteiger partial charge in [-0.3, -0.25) is 0 Å². The molecular formula is C14H18BrN3S. The van der Waals surface area contributed by atoms with Crippen molar-refractivity contribution in [2.24, 2.45) is 0 Å². The second kappa shape index (κ2) is 6.59. The van der Waals surface area contributed by atoms with Crippen molar-refractivity contribution in [3.8, 4) is 0 Å². The zero-order valence-corrected chi connectivity index (χ0v) is 13.8. The van der Waals surface area contributed by atoms with Gasteiger partial charge in [0.2, 0.25) is 0 Å². The van der Waals surface area contributed by atoms with E-state index in [2.05, 4.69) is 55.9 Å². The van der Waals surface area contributed by atoms with Crippen molar-refractivity contribution in [1.29, 1.82) is 0 Å². The number of nitrogens with one attached hydrogen (secondary N) is 1. The highest BCUT2D eigenvalue weighted by atomic mass is 79.9. The summed E-state index contributed by atoms with van der Waals surface area (Å²) in [5.41, 5.74) is 3.31. The number of thiophene rings is 1. The maximum Gasteiger partial charge on any atom is 0.0676 e. The summed E-state index contributed by atoms with van der Waals surface area (Å²) in [5, 5.41) is 14.0. The number of hydrogen-bond donors (Lipinski definition) is 1. The lowest BCUT2D eigenvalue weighted by Gasteiger charge is -2.19. The molecule has 0 aliphatic heterocycles. The van der Waals surface area contributed by atoms with Crippen LogP contribution < -0.4 is 5.32 Å². The number of hydrogen-bond acceptors (Lipinski definition) is 4. The molecule has 0 radical (unpaired) electrons. The van der Waals surface area contributed by atoms with E-state index < -0.39 is 0 Å². The van der Waals surface area contributed by atoms with E-state index in [1.54, 1.807) is 11.3 Å². The third kappa shape index (κ3) is 3.41. The van der Waals surface area contributed by atoms with Crippen molar-refractivity contribution in [3.05, 3.63) is 43.8 Å². The predicted octanol–water partition coefficient (Wildman–Crippen LogP) is 3.67. The van der Waals surface area contributed by atoms with Crippen LogP contribution in [0.25, 0.3) is 0 Å². The zero-order valence-electron chi connectivity index (χ0n) is 11.4. The SMILES string of the molecule is CCc1nnc(C)cc1C(Cc1sccc1Br)NC. The van der Waals surface area contributed by atoms with Gasteiger partial charge in [0, 0.05) is 21.8 Å². The molecule has 0 saturated heterocycles. The standard InChI is InChI=1S/C14H18BrN3S/c1-4-12-10(7-9(2)17-18-12)13(16-3)8-14-11(15)5-6-19-14/h5-7,13,16H,4,8H2,1-3H3. The highest BCUT2D eigenvalue weighted by molar-refractivity contribution is 9.10. The summed E-state index contributed by atoms with van der Waals surface area (Å²) >= 11 is 5.38. The fourth-order valence-electron chi connectivity index (χ4n) is 2.13. The monoisotopic (exact) mass is 339 g/mol. The number of nitrogens with zero attached hydrogens (tertiary/aromatic N) is 2. The van der Waals surface area contributed by atoms with E-state index >= 15 is 0 Å². The minimum Gasteiger partial charge on any atom is -0.313 e. The first-order valence-corrected chi connectivity index (χ1v) is 8.05. The Balaban J connectivity index is 2.31. The molecule has 5 heteroatoms. The molecule has 0 fully saturated rings. The third-order valence-electron chi connectivity index (χ3n) is 3.17. The number of aromatic nitrogens is 2. The average Bonchev–Trinajstić information content (AvgIpc) is 2.81. The maximum atomic E-state index is 4.32. The van der Waals surface area contributed by atoms with Crippen molar-refractivity contribution in [3.63, 3.8) is 0 Å². The van der Waals surface area contributed by atoms with E-state index in [9.17, 15) is 0 Å². The van der Waals surface area contributed by atoms with E-state index in [4.69, 9.17) is 0 Å². The van der Waals surface area contributed by atoms with Crippen LogP contribution >= 0.6 is 27.3 Å². The fourth-order valence-corrected chi connectivity index (χ4v) is 3.70. The summed E-state index contributed by atoms with van der Waals surface area (Å²) < 4.78 is 1.19. The molecule has 1 N–H and O–H groups in total. The van der Waals surface area contributed by atoms with Gasteiger partial charge in [0.1, 0.15) is 0 Å². The molecule has 0 amide bonds. The molecule has 2 aromatic rings. The normalized spacial score (nSPS) is 12.6. The van der Waals surface area contributed by atoms with Crippen LogP contribution in [0.15, 0.2) is 22.0 Å². The second-order valence-corrected chi connectivity index (χ2v) is 6.33. The van der Waals surface area contributed by atoms with Gasteiger partial charge in [-0.15, -0.1) is 11.3 Å². The van der Waals surface area contributed by atoms with Gasteiger partial charge in [-0.2, -0.15) is 10.2 Å². The molecule has 102 valence electrons. The summed E-state index contributed by atoms with van der Waals surface area (Å²) in [6.07, 6.45) is 1.87. The molecule has 3 nitrogen and oxygen atoms in total. The summed E-state index contributed by atoms with van der Waals surface area (Å²) in [7, 11) is 2.00. The van der Waals surface area contributed by atoms with E-state index in [0.717, 1.165) is 24.2 Å². The van der Waals surface area contributed by atoms with Crippen LogP contribution in [0, 0.1) is 6.92 Å². The van der Waals surface area contributed by atoms with Crippen molar-refractivity contribution in [2.45, 2.75) is 32.7 Å². The molecule has 2 aromatic heterocycles. The van der Waals surface area contributed by atoms with Crippen LogP contribution in [-0.4, -0.2) is 17.2 Å². The lowest BCUT2D eigenvalue weighted by atomic mass is 10.00. The Hall–Kier alpha value is -0.780. The van der Waals surface area contributed by atoms with Crippen LogP contribution in [0.3, 0.4) is 0 Å². The predicted molar refractivity (Wildman–Crippen MR) is 83.7 cm³/mol. The number of aryl methyl sites for hydroxylation is 2. The third-order valence-corrected chi connectivity index (χ3v) is 5.11. The molecule has 1 atom stereocenters. The van der Waals surface area contributed by atoms with E-state index in [1.807, 2.05) is 14.0 Å². The first-order chi connectivity index (χ1) is 9.15. The molecule has 0 aliphatic rings. The summed E-state index contributed by atoms with van der Waals surface area (Å²) in [4.78, 5) is 1.36. The van der Waals surface area contributed by atoms with Crippen molar-refractivity contribution in [1.82, 2.24) is 15.5 Å². The molecule has 0 spiro atoms. The molecule has 1 unspecified atom stereocenters. The van der Waals surface area contributed by atoms with Gasteiger partial charge in [0.05, 0.1) is 11.4 Å². The van der Waals surface area contributed by atoms with Gasteiger partial charge < -0.3 is 5.32 Å². The van der Waals surface area contributed by atoms with Crippen molar-refractivity contribution >= 4 is 27.3 Å². The average molecular weight is 340 g/mol. The van der Waals surface area contributed by atoms with Crippen molar-refractivity contribution < 1.29 is 0 Å². The Labute approximate surface area is 126 Å². The van der Waals surface area contributed by atoms with E-state index in [1.165, 1.54) is 14.9 Å². The van der Waals surface area contributed by atoms with E-state index in [0.29, 0.717) is 0 Å². The molecule has 0 aliphatic carbocycles. The summed E-state index contributed by atoms with van der Waals surface area (Å²) in [5.74, 6) is 0. The quantitative estimate of drug-likeness (QED) is 0.902. The second-order valence-electron chi connectivity index (χ2n) is 4.48. The Morgan fingerprint density at radius 2 is 2.21 bits per heavy atom. The maximum absolute atomic E-state index is 4.32. The number of halogens is 1. The van der Waals surface area contributed by atoms with Crippen LogP contribution in [0.4, 0.5) is 0 Å². The topological polar surface area (TPSA) is 37.8 Å².